The topological polar surface area (TPSA) is 54.2 Å². The number of nitrogens with one attached hydrogen (secondary N) is 1. The molecule has 0 saturated carbocycles. The SMILES string of the molecule is CCc1nc(CN2CCCC(CNC)C2)no1.Cl. The number of nitrogens with zero attached hydrogens (tertiary/aromatic N) is 3. The summed E-state index contributed by atoms with van der Waals surface area (Å²) in [6.07, 6.45) is 3.41. The zero-order chi connectivity index (χ0) is 12.1. The first-order valence-electron chi connectivity index (χ1n) is 6.50. The van der Waals surface area contributed by atoms with Gasteiger partial charge in [-0.3, -0.25) is 4.90 Å². The van der Waals surface area contributed by atoms with E-state index in [0.717, 1.165) is 50.2 Å². The van der Waals surface area contributed by atoms with E-state index in [2.05, 4.69) is 20.4 Å². The highest BCUT2D eigenvalue weighted by molar-refractivity contribution is 5.85. The van der Waals surface area contributed by atoms with Gasteiger partial charge < -0.3 is 9.84 Å². The van der Waals surface area contributed by atoms with Gasteiger partial charge >= 0.3 is 0 Å². The van der Waals surface area contributed by atoms with Crippen LogP contribution in [0.25, 0.3) is 0 Å². The van der Waals surface area contributed by atoms with Crippen LogP contribution in [0.3, 0.4) is 0 Å². The van der Waals surface area contributed by atoms with E-state index in [1.807, 2.05) is 14.0 Å². The van der Waals surface area contributed by atoms with Gasteiger partial charge in [-0.2, -0.15) is 4.98 Å². The molecule has 1 aromatic heterocycles. The second kappa shape index (κ2) is 7.71. The Morgan fingerprint density at radius 1 is 1.50 bits per heavy atom. The largest absolute Gasteiger partial charge is 0.339 e. The maximum absolute atomic E-state index is 5.13. The summed E-state index contributed by atoms with van der Waals surface area (Å²) >= 11 is 0. The first kappa shape index (κ1) is 15.4. The van der Waals surface area contributed by atoms with Crippen molar-refractivity contribution in [2.24, 2.45) is 5.92 Å². The molecule has 2 rings (SSSR count). The number of piperidine rings is 1. The summed E-state index contributed by atoms with van der Waals surface area (Å²) in [5.41, 5.74) is 0. The van der Waals surface area contributed by atoms with Crippen molar-refractivity contribution in [2.75, 3.05) is 26.7 Å². The molecule has 1 unspecified atom stereocenters. The number of rotatable bonds is 5. The smallest absolute Gasteiger partial charge is 0.226 e. The zero-order valence-corrected chi connectivity index (χ0v) is 12.0. The molecule has 1 aliphatic heterocycles. The molecule has 5 nitrogen and oxygen atoms in total. The first-order chi connectivity index (χ1) is 8.31. The Hall–Kier alpha value is -0.650. The minimum atomic E-state index is 0. The van der Waals surface area contributed by atoms with Gasteiger partial charge in [-0.1, -0.05) is 12.1 Å². The Morgan fingerprint density at radius 3 is 3.00 bits per heavy atom. The van der Waals surface area contributed by atoms with Crippen LogP contribution in [0, 0.1) is 5.92 Å². The van der Waals surface area contributed by atoms with E-state index in [9.17, 15) is 0 Å². The van der Waals surface area contributed by atoms with E-state index in [1.165, 1.54) is 12.8 Å². The van der Waals surface area contributed by atoms with Crippen molar-refractivity contribution >= 4 is 12.4 Å². The molecule has 104 valence electrons. The molecular formula is C12H23ClN4O. The van der Waals surface area contributed by atoms with Gasteiger partial charge in [0.05, 0.1) is 6.54 Å². The lowest BCUT2D eigenvalue weighted by Crippen LogP contribution is -2.38. The van der Waals surface area contributed by atoms with Crippen molar-refractivity contribution in [3.63, 3.8) is 0 Å². The minimum absolute atomic E-state index is 0. The fourth-order valence-corrected chi connectivity index (χ4v) is 2.45. The van der Waals surface area contributed by atoms with Crippen molar-refractivity contribution in [3.05, 3.63) is 11.7 Å². The van der Waals surface area contributed by atoms with Gasteiger partial charge in [-0.15, -0.1) is 12.4 Å². The molecular weight excluding hydrogens is 252 g/mol. The van der Waals surface area contributed by atoms with Gasteiger partial charge in [0.15, 0.2) is 5.82 Å². The van der Waals surface area contributed by atoms with Gasteiger partial charge in [0, 0.05) is 13.0 Å². The molecule has 1 atom stereocenters. The molecule has 2 heterocycles. The van der Waals surface area contributed by atoms with Gasteiger partial charge in [-0.25, -0.2) is 0 Å². The van der Waals surface area contributed by atoms with Crippen molar-refractivity contribution in [2.45, 2.75) is 32.7 Å². The lowest BCUT2D eigenvalue weighted by Gasteiger charge is -2.31. The quantitative estimate of drug-likeness (QED) is 0.882. The first-order valence-corrected chi connectivity index (χ1v) is 6.50. The fourth-order valence-electron chi connectivity index (χ4n) is 2.45. The van der Waals surface area contributed by atoms with E-state index in [1.54, 1.807) is 0 Å². The Labute approximate surface area is 115 Å². The number of aryl methyl sites for hydroxylation is 1. The molecule has 0 aromatic carbocycles. The van der Waals surface area contributed by atoms with Crippen LogP contribution in [-0.2, 0) is 13.0 Å². The van der Waals surface area contributed by atoms with Crippen molar-refractivity contribution < 1.29 is 4.52 Å². The molecule has 0 aliphatic carbocycles. The molecule has 0 bridgehead atoms. The normalized spacial score (nSPS) is 20.7. The maximum atomic E-state index is 5.13. The monoisotopic (exact) mass is 274 g/mol. The van der Waals surface area contributed by atoms with E-state index < -0.39 is 0 Å². The van der Waals surface area contributed by atoms with E-state index in [0.29, 0.717) is 0 Å². The molecule has 1 aliphatic rings. The number of hydrogen-bond acceptors (Lipinski definition) is 5. The summed E-state index contributed by atoms with van der Waals surface area (Å²) in [4.78, 5) is 6.79. The molecule has 18 heavy (non-hydrogen) atoms. The molecule has 1 fully saturated rings. The van der Waals surface area contributed by atoms with Crippen LogP contribution in [0.1, 0.15) is 31.5 Å². The third kappa shape index (κ3) is 4.23. The summed E-state index contributed by atoms with van der Waals surface area (Å²) < 4.78 is 5.13. The lowest BCUT2D eigenvalue weighted by atomic mass is 9.98. The van der Waals surface area contributed by atoms with Crippen molar-refractivity contribution in [3.8, 4) is 0 Å². The lowest BCUT2D eigenvalue weighted by molar-refractivity contribution is 0.162. The van der Waals surface area contributed by atoms with E-state index >= 15 is 0 Å². The maximum Gasteiger partial charge on any atom is 0.226 e. The third-order valence-electron chi connectivity index (χ3n) is 3.27. The van der Waals surface area contributed by atoms with Gasteiger partial charge in [-0.05, 0) is 38.9 Å². The number of likely N-dealkylation sites (tertiary alicyclic amines) is 1. The number of halogens is 1. The molecule has 0 spiro atoms. The van der Waals surface area contributed by atoms with Gasteiger partial charge in [0.25, 0.3) is 0 Å². The molecule has 1 saturated heterocycles. The van der Waals surface area contributed by atoms with Crippen LogP contribution >= 0.6 is 12.4 Å². The second-order valence-electron chi connectivity index (χ2n) is 4.76. The zero-order valence-electron chi connectivity index (χ0n) is 11.2. The second-order valence-corrected chi connectivity index (χ2v) is 4.76. The number of hydrogen-bond donors (Lipinski definition) is 1. The van der Waals surface area contributed by atoms with Crippen LogP contribution < -0.4 is 5.32 Å². The van der Waals surface area contributed by atoms with E-state index in [-0.39, 0.29) is 12.4 Å². The average Bonchev–Trinajstić information content (AvgIpc) is 2.78. The van der Waals surface area contributed by atoms with Crippen LogP contribution in [0.5, 0.6) is 0 Å². The van der Waals surface area contributed by atoms with Crippen LogP contribution in [-0.4, -0.2) is 41.7 Å². The third-order valence-corrected chi connectivity index (χ3v) is 3.27. The predicted molar refractivity (Wildman–Crippen MR) is 72.9 cm³/mol. The Morgan fingerprint density at radius 2 is 2.33 bits per heavy atom. The number of aromatic nitrogens is 2. The highest BCUT2D eigenvalue weighted by Gasteiger charge is 2.20. The van der Waals surface area contributed by atoms with Crippen LogP contribution in [0.2, 0.25) is 0 Å². The highest BCUT2D eigenvalue weighted by Crippen LogP contribution is 2.17. The summed E-state index contributed by atoms with van der Waals surface area (Å²) in [6, 6.07) is 0. The van der Waals surface area contributed by atoms with Gasteiger partial charge in [0.2, 0.25) is 5.89 Å². The van der Waals surface area contributed by atoms with Crippen molar-refractivity contribution in [1.82, 2.24) is 20.4 Å². The Kier molecular flexibility index (Phi) is 6.60. The summed E-state index contributed by atoms with van der Waals surface area (Å²) in [6.45, 7) is 6.24. The molecule has 0 radical (unpaired) electrons. The molecule has 1 N–H and O–H groups in total. The fraction of sp³-hybridized carbons (Fsp3) is 0.833. The molecule has 6 heteroatoms. The van der Waals surface area contributed by atoms with Crippen LogP contribution in [0.15, 0.2) is 4.52 Å². The standard InChI is InChI=1S/C12H22N4O.ClH/c1-3-12-14-11(15-17-12)9-16-6-4-5-10(8-16)7-13-2;/h10,13H,3-9H2,1-2H3;1H. The minimum Gasteiger partial charge on any atom is -0.339 e. The van der Waals surface area contributed by atoms with Crippen LogP contribution in [0.4, 0.5) is 0 Å². The Bertz CT molecular complexity index is 343. The highest BCUT2D eigenvalue weighted by atomic mass is 35.5. The summed E-state index contributed by atoms with van der Waals surface area (Å²) in [5, 5.41) is 7.27. The van der Waals surface area contributed by atoms with E-state index in [4.69, 9.17) is 4.52 Å². The molecule has 1 aromatic rings. The summed E-state index contributed by atoms with van der Waals surface area (Å²) in [5.74, 6) is 2.32. The molecule has 0 amide bonds. The average molecular weight is 275 g/mol. The van der Waals surface area contributed by atoms with Crippen molar-refractivity contribution in [1.29, 1.82) is 0 Å². The Balaban J connectivity index is 0.00000162. The van der Waals surface area contributed by atoms with Gasteiger partial charge in [0.1, 0.15) is 0 Å². The predicted octanol–water partition coefficient (Wildman–Crippen LogP) is 1.49. The summed E-state index contributed by atoms with van der Waals surface area (Å²) in [7, 11) is 2.02.